The zero-order valence-electron chi connectivity index (χ0n) is 18.0. The van der Waals surface area contributed by atoms with Crippen LogP contribution in [0, 0.1) is 6.92 Å². The summed E-state index contributed by atoms with van der Waals surface area (Å²) < 4.78 is 7.18. The molecule has 3 heterocycles. The lowest BCUT2D eigenvalue weighted by Crippen LogP contribution is -2.23. The van der Waals surface area contributed by atoms with Crippen molar-refractivity contribution in [2.75, 3.05) is 19.0 Å². The van der Waals surface area contributed by atoms with Crippen molar-refractivity contribution in [1.29, 1.82) is 0 Å². The van der Waals surface area contributed by atoms with Gasteiger partial charge in [-0.3, -0.25) is 4.90 Å². The van der Waals surface area contributed by atoms with E-state index in [1.807, 2.05) is 35.0 Å². The van der Waals surface area contributed by atoms with Crippen LogP contribution in [-0.4, -0.2) is 33.4 Å². The Labute approximate surface area is 182 Å². The summed E-state index contributed by atoms with van der Waals surface area (Å²) >= 11 is 0. The number of nitrogens with one attached hydrogen (secondary N) is 1. The lowest BCUT2D eigenvalue weighted by Gasteiger charge is -2.23. The van der Waals surface area contributed by atoms with Gasteiger partial charge < -0.3 is 10.1 Å². The van der Waals surface area contributed by atoms with Crippen molar-refractivity contribution in [1.82, 2.24) is 19.7 Å². The molecule has 0 saturated carbocycles. The number of hydrogen-bond acceptors (Lipinski definition) is 5. The highest BCUT2D eigenvalue weighted by molar-refractivity contribution is 5.64. The summed E-state index contributed by atoms with van der Waals surface area (Å²) in [6.07, 6.45) is 4.29. The van der Waals surface area contributed by atoms with Gasteiger partial charge in [-0.05, 0) is 56.1 Å². The minimum atomic E-state index is 0.302. The number of anilines is 2. The lowest BCUT2D eigenvalue weighted by atomic mass is 10.1. The monoisotopic (exact) mass is 413 g/mol. The van der Waals surface area contributed by atoms with Crippen LogP contribution in [0.3, 0.4) is 0 Å². The first-order valence-corrected chi connectivity index (χ1v) is 10.8. The number of benzene rings is 2. The second kappa shape index (κ2) is 8.40. The number of methoxy groups -OCH3 is 1. The Hall–Kier alpha value is -3.38. The summed E-state index contributed by atoms with van der Waals surface area (Å²) in [5.41, 5.74) is 6.71. The quantitative estimate of drug-likeness (QED) is 0.475. The van der Waals surface area contributed by atoms with E-state index in [0.717, 1.165) is 47.8 Å². The van der Waals surface area contributed by atoms with Crippen LogP contribution in [0.4, 0.5) is 11.4 Å². The van der Waals surface area contributed by atoms with E-state index in [2.05, 4.69) is 63.9 Å². The highest BCUT2D eigenvalue weighted by Crippen LogP contribution is 2.34. The Kier molecular flexibility index (Phi) is 5.30. The maximum absolute atomic E-state index is 5.31. The van der Waals surface area contributed by atoms with Crippen LogP contribution < -0.4 is 10.1 Å². The van der Waals surface area contributed by atoms with E-state index in [1.165, 1.54) is 17.5 Å². The maximum Gasteiger partial charge on any atom is 0.120 e. The van der Waals surface area contributed by atoms with E-state index >= 15 is 0 Å². The molecule has 0 radical (unpaired) electrons. The molecule has 1 aliphatic rings. The van der Waals surface area contributed by atoms with Gasteiger partial charge in [0.2, 0.25) is 0 Å². The van der Waals surface area contributed by atoms with Gasteiger partial charge in [0.1, 0.15) is 11.4 Å². The Morgan fingerprint density at radius 2 is 1.94 bits per heavy atom. The minimum Gasteiger partial charge on any atom is -0.497 e. The molecule has 158 valence electrons. The summed E-state index contributed by atoms with van der Waals surface area (Å²) in [7, 11) is 1.67. The summed E-state index contributed by atoms with van der Waals surface area (Å²) in [5.74, 6) is 0.823. The van der Waals surface area contributed by atoms with Crippen molar-refractivity contribution in [3.8, 4) is 5.75 Å². The summed E-state index contributed by atoms with van der Waals surface area (Å²) in [6.45, 7) is 4.16. The number of aromatic nitrogens is 3. The largest absolute Gasteiger partial charge is 0.497 e. The van der Waals surface area contributed by atoms with Gasteiger partial charge in [-0.15, -0.1) is 5.10 Å². The number of ether oxygens (including phenoxy) is 1. The van der Waals surface area contributed by atoms with E-state index < -0.39 is 0 Å². The van der Waals surface area contributed by atoms with Gasteiger partial charge in [0.05, 0.1) is 30.6 Å². The van der Waals surface area contributed by atoms with Crippen molar-refractivity contribution in [2.45, 2.75) is 32.4 Å². The molecule has 31 heavy (non-hydrogen) atoms. The third-order valence-corrected chi connectivity index (χ3v) is 5.98. The Bertz CT molecular complexity index is 1180. The van der Waals surface area contributed by atoms with E-state index in [1.54, 1.807) is 7.11 Å². The van der Waals surface area contributed by atoms with Gasteiger partial charge in [0.15, 0.2) is 0 Å². The maximum atomic E-state index is 5.31. The number of likely N-dealkylation sites (tertiary alicyclic amines) is 1. The Morgan fingerprint density at radius 3 is 2.77 bits per heavy atom. The SMILES string of the molecule is COc1cccc(Nc2ccc3c(C4CCCN4Cc4ccc(C)cc4)nnn3c2)c1. The van der Waals surface area contributed by atoms with Crippen LogP contribution in [0.25, 0.3) is 5.52 Å². The number of nitrogens with zero attached hydrogens (tertiary/aromatic N) is 4. The first-order chi connectivity index (χ1) is 15.2. The Morgan fingerprint density at radius 1 is 1.06 bits per heavy atom. The molecule has 4 aromatic rings. The molecule has 1 unspecified atom stereocenters. The number of rotatable bonds is 6. The number of hydrogen-bond donors (Lipinski definition) is 1. The summed E-state index contributed by atoms with van der Waals surface area (Å²) in [4.78, 5) is 2.52. The molecule has 6 nitrogen and oxygen atoms in total. The van der Waals surface area contributed by atoms with E-state index in [4.69, 9.17) is 4.74 Å². The number of fused-ring (bicyclic) bond motifs is 1. The van der Waals surface area contributed by atoms with Gasteiger partial charge in [-0.25, -0.2) is 4.52 Å². The fraction of sp³-hybridized carbons (Fsp3) is 0.280. The number of pyridine rings is 1. The molecular weight excluding hydrogens is 386 g/mol. The predicted octanol–water partition coefficient (Wildman–Crippen LogP) is 5.13. The van der Waals surface area contributed by atoms with Gasteiger partial charge >= 0.3 is 0 Å². The normalized spacial score (nSPS) is 16.6. The molecule has 6 heteroatoms. The fourth-order valence-electron chi connectivity index (χ4n) is 4.35. The molecule has 0 aliphatic carbocycles. The molecule has 1 atom stereocenters. The molecule has 0 spiro atoms. The molecule has 1 fully saturated rings. The van der Waals surface area contributed by atoms with Crippen molar-refractivity contribution in [3.63, 3.8) is 0 Å². The molecule has 2 aromatic carbocycles. The van der Waals surface area contributed by atoms with Crippen LogP contribution >= 0.6 is 0 Å². The van der Waals surface area contributed by atoms with Gasteiger partial charge in [-0.2, -0.15) is 0 Å². The van der Waals surface area contributed by atoms with Crippen LogP contribution in [0.5, 0.6) is 5.75 Å². The number of aryl methyl sites for hydroxylation is 1. The van der Waals surface area contributed by atoms with Crippen LogP contribution in [0.15, 0.2) is 66.9 Å². The highest BCUT2D eigenvalue weighted by Gasteiger charge is 2.29. The highest BCUT2D eigenvalue weighted by atomic mass is 16.5. The molecule has 0 amide bonds. The molecule has 1 aliphatic heterocycles. The first-order valence-electron chi connectivity index (χ1n) is 10.8. The standard InChI is InChI=1S/C25H27N5O/c1-18-8-10-19(11-9-18)16-29-14-4-7-23(29)25-24-13-12-21(17-30(24)28-27-25)26-20-5-3-6-22(15-20)31-2/h3,5-6,8-13,15,17,23,26H,4,7,14,16H2,1-2H3. The second-order valence-corrected chi connectivity index (χ2v) is 8.19. The first kappa shape index (κ1) is 19.6. The van der Waals surface area contributed by atoms with E-state index in [-0.39, 0.29) is 0 Å². The van der Waals surface area contributed by atoms with E-state index in [9.17, 15) is 0 Å². The lowest BCUT2D eigenvalue weighted by molar-refractivity contribution is 0.245. The molecule has 1 N–H and O–H groups in total. The summed E-state index contributed by atoms with van der Waals surface area (Å²) in [6, 6.07) is 21.2. The molecule has 1 saturated heterocycles. The minimum absolute atomic E-state index is 0.302. The predicted molar refractivity (Wildman–Crippen MR) is 123 cm³/mol. The third-order valence-electron chi connectivity index (χ3n) is 5.98. The zero-order valence-corrected chi connectivity index (χ0v) is 18.0. The van der Waals surface area contributed by atoms with Crippen LogP contribution in [0.2, 0.25) is 0 Å². The Balaban J connectivity index is 1.37. The van der Waals surface area contributed by atoms with Crippen LogP contribution in [0.1, 0.15) is 35.7 Å². The average molecular weight is 414 g/mol. The summed E-state index contributed by atoms with van der Waals surface area (Å²) in [5, 5.41) is 12.4. The molecule has 2 aromatic heterocycles. The van der Waals surface area contributed by atoms with E-state index in [0.29, 0.717) is 6.04 Å². The molecule has 5 rings (SSSR count). The van der Waals surface area contributed by atoms with Crippen LogP contribution in [-0.2, 0) is 6.54 Å². The van der Waals surface area contributed by atoms with Gasteiger partial charge in [0.25, 0.3) is 0 Å². The van der Waals surface area contributed by atoms with Crippen molar-refractivity contribution >= 4 is 16.9 Å². The molecular formula is C25H27N5O. The topological polar surface area (TPSA) is 54.7 Å². The van der Waals surface area contributed by atoms with Gasteiger partial charge in [-0.1, -0.05) is 41.1 Å². The smallest absolute Gasteiger partial charge is 0.120 e. The van der Waals surface area contributed by atoms with Crippen molar-refractivity contribution in [3.05, 3.63) is 83.7 Å². The van der Waals surface area contributed by atoms with Crippen molar-refractivity contribution in [2.24, 2.45) is 0 Å². The average Bonchev–Trinajstić information content (AvgIpc) is 3.41. The second-order valence-electron chi connectivity index (χ2n) is 8.19. The van der Waals surface area contributed by atoms with Gasteiger partial charge in [0, 0.05) is 18.3 Å². The zero-order chi connectivity index (χ0) is 21.2. The van der Waals surface area contributed by atoms with Crippen molar-refractivity contribution < 1.29 is 4.74 Å². The molecule has 0 bridgehead atoms. The fourth-order valence-corrected chi connectivity index (χ4v) is 4.35. The third kappa shape index (κ3) is 4.11.